The molecule has 0 aliphatic heterocycles. The van der Waals surface area contributed by atoms with E-state index in [9.17, 15) is 5.11 Å². The van der Waals surface area contributed by atoms with Gasteiger partial charge in [-0.25, -0.2) is 0 Å². The van der Waals surface area contributed by atoms with E-state index < -0.39 is 0 Å². The fraction of sp³-hybridized carbons (Fsp3) is 0.312. The average Bonchev–Trinajstić information content (AvgIpc) is 2.40. The molecule has 2 nitrogen and oxygen atoms in total. The van der Waals surface area contributed by atoms with Crippen molar-refractivity contribution in [2.45, 2.75) is 25.7 Å². The molecule has 0 radical (unpaired) electrons. The molecule has 2 heteroatoms. The Hall–Kier alpha value is -1.83. The Kier molecular flexibility index (Phi) is 3.01. The van der Waals surface area contributed by atoms with Gasteiger partial charge < -0.3 is 5.11 Å². The van der Waals surface area contributed by atoms with Crippen molar-refractivity contribution >= 4 is 0 Å². The normalized spacial score (nSPS) is 18.3. The van der Waals surface area contributed by atoms with Crippen molar-refractivity contribution in [2.75, 3.05) is 0 Å². The first kappa shape index (κ1) is 11.3. The van der Waals surface area contributed by atoms with E-state index in [1.807, 2.05) is 18.5 Å². The molecule has 1 heterocycles. The van der Waals surface area contributed by atoms with Gasteiger partial charge in [0.1, 0.15) is 5.75 Å². The van der Waals surface area contributed by atoms with Crippen LogP contribution in [0.15, 0.2) is 42.7 Å². The molecule has 92 valence electrons. The highest BCUT2D eigenvalue weighted by atomic mass is 16.3. The van der Waals surface area contributed by atoms with Gasteiger partial charge in [0.05, 0.1) is 0 Å². The van der Waals surface area contributed by atoms with Gasteiger partial charge in [-0.1, -0.05) is 12.1 Å². The Morgan fingerprint density at radius 3 is 2.83 bits per heavy atom. The minimum atomic E-state index is 0.467. The van der Waals surface area contributed by atoms with E-state index in [4.69, 9.17) is 0 Å². The fourth-order valence-corrected chi connectivity index (χ4v) is 2.89. The maximum Gasteiger partial charge on any atom is 0.119 e. The lowest BCUT2D eigenvalue weighted by atomic mass is 9.80. The molecule has 18 heavy (non-hydrogen) atoms. The summed E-state index contributed by atoms with van der Waals surface area (Å²) in [6.45, 7) is 0. The fourth-order valence-electron chi connectivity index (χ4n) is 2.89. The number of pyridine rings is 1. The minimum Gasteiger partial charge on any atom is -0.508 e. The molecule has 0 bridgehead atoms. The van der Waals surface area contributed by atoms with Crippen LogP contribution >= 0.6 is 0 Å². The second-order valence-electron chi connectivity index (χ2n) is 5.08. The van der Waals surface area contributed by atoms with Crippen LogP contribution in [0.5, 0.6) is 5.75 Å². The van der Waals surface area contributed by atoms with Crippen molar-refractivity contribution < 1.29 is 5.11 Å². The molecule has 1 N–H and O–H groups in total. The standard InChI is InChI=1S/C16H17NO/c18-16-3-1-2-14-11-13(4-5-15(14)16)10-12-6-8-17-9-7-12/h1-3,6-9,13,18H,4-5,10-11H2. The van der Waals surface area contributed by atoms with Gasteiger partial charge in [0.15, 0.2) is 0 Å². The third kappa shape index (κ3) is 2.23. The molecular weight excluding hydrogens is 222 g/mol. The molecule has 0 saturated carbocycles. The number of rotatable bonds is 2. The van der Waals surface area contributed by atoms with Crippen LogP contribution in [-0.2, 0) is 19.3 Å². The number of phenols is 1. The molecule has 3 rings (SSSR count). The Morgan fingerprint density at radius 2 is 2.00 bits per heavy atom. The molecule has 1 atom stereocenters. The van der Waals surface area contributed by atoms with Gasteiger partial charge in [0.25, 0.3) is 0 Å². The van der Waals surface area contributed by atoms with E-state index in [0.29, 0.717) is 11.7 Å². The SMILES string of the molecule is Oc1cccc2c1CCC(Cc1ccncc1)C2. The van der Waals surface area contributed by atoms with Gasteiger partial charge in [0, 0.05) is 12.4 Å². The van der Waals surface area contributed by atoms with Crippen molar-refractivity contribution in [3.8, 4) is 5.75 Å². The van der Waals surface area contributed by atoms with Crippen LogP contribution in [0.4, 0.5) is 0 Å². The van der Waals surface area contributed by atoms with E-state index >= 15 is 0 Å². The number of phenolic OH excluding ortho intramolecular Hbond substituents is 1. The van der Waals surface area contributed by atoms with Gasteiger partial charge in [-0.2, -0.15) is 0 Å². The predicted octanol–water partition coefficient (Wildman–Crippen LogP) is 3.13. The molecule has 0 fully saturated rings. The largest absolute Gasteiger partial charge is 0.508 e. The lowest BCUT2D eigenvalue weighted by Gasteiger charge is -2.25. The third-order valence-electron chi connectivity index (χ3n) is 3.83. The molecule has 0 saturated heterocycles. The highest BCUT2D eigenvalue weighted by Gasteiger charge is 2.20. The van der Waals surface area contributed by atoms with Gasteiger partial charge in [-0.3, -0.25) is 4.98 Å². The van der Waals surface area contributed by atoms with Crippen molar-refractivity contribution in [1.29, 1.82) is 0 Å². The Balaban J connectivity index is 1.76. The average molecular weight is 239 g/mol. The summed E-state index contributed by atoms with van der Waals surface area (Å²) in [6, 6.07) is 10.1. The van der Waals surface area contributed by atoms with Gasteiger partial charge >= 0.3 is 0 Å². The second kappa shape index (κ2) is 4.81. The zero-order valence-electron chi connectivity index (χ0n) is 10.3. The molecule has 2 aromatic rings. The van der Waals surface area contributed by atoms with Crippen LogP contribution in [0.25, 0.3) is 0 Å². The van der Waals surface area contributed by atoms with E-state index in [2.05, 4.69) is 23.2 Å². The number of aromatic hydroxyl groups is 1. The number of fused-ring (bicyclic) bond motifs is 1. The maximum atomic E-state index is 9.82. The summed E-state index contributed by atoms with van der Waals surface area (Å²) in [4.78, 5) is 4.05. The highest BCUT2D eigenvalue weighted by Crippen LogP contribution is 2.32. The predicted molar refractivity (Wildman–Crippen MR) is 71.6 cm³/mol. The summed E-state index contributed by atoms with van der Waals surface area (Å²) in [7, 11) is 0. The van der Waals surface area contributed by atoms with Crippen molar-refractivity contribution in [2.24, 2.45) is 5.92 Å². The van der Waals surface area contributed by atoms with Crippen molar-refractivity contribution in [3.63, 3.8) is 0 Å². The Bertz CT molecular complexity index is 536. The van der Waals surface area contributed by atoms with Crippen molar-refractivity contribution in [1.82, 2.24) is 4.98 Å². The van der Waals surface area contributed by atoms with Gasteiger partial charge in [0.2, 0.25) is 0 Å². The van der Waals surface area contributed by atoms with E-state index in [-0.39, 0.29) is 0 Å². The number of hydrogen-bond donors (Lipinski definition) is 1. The van der Waals surface area contributed by atoms with Crippen LogP contribution in [-0.4, -0.2) is 10.1 Å². The summed E-state index contributed by atoms with van der Waals surface area (Å²) < 4.78 is 0. The minimum absolute atomic E-state index is 0.467. The summed E-state index contributed by atoms with van der Waals surface area (Å²) in [5.74, 6) is 1.15. The first-order valence-corrected chi connectivity index (χ1v) is 6.51. The molecule has 0 amide bonds. The molecule has 1 aliphatic carbocycles. The first-order chi connectivity index (χ1) is 8.83. The van der Waals surface area contributed by atoms with Gasteiger partial charge in [-0.05, 0) is 66.5 Å². The first-order valence-electron chi connectivity index (χ1n) is 6.51. The van der Waals surface area contributed by atoms with Crippen molar-refractivity contribution in [3.05, 3.63) is 59.4 Å². The summed E-state index contributed by atoms with van der Waals surface area (Å²) in [5.41, 5.74) is 3.84. The van der Waals surface area contributed by atoms with Crippen LogP contribution in [0.2, 0.25) is 0 Å². The zero-order chi connectivity index (χ0) is 12.4. The smallest absolute Gasteiger partial charge is 0.119 e. The van der Waals surface area contributed by atoms with E-state index in [1.165, 1.54) is 11.1 Å². The zero-order valence-corrected chi connectivity index (χ0v) is 10.3. The molecular formula is C16H17NO. The van der Waals surface area contributed by atoms with Crippen LogP contribution in [0, 0.1) is 5.92 Å². The lowest BCUT2D eigenvalue weighted by Crippen LogP contribution is -2.16. The third-order valence-corrected chi connectivity index (χ3v) is 3.83. The summed E-state index contributed by atoms with van der Waals surface area (Å²) in [5, 5.41) is 9.82. The topological polar surface area (TPSA) is 33.1 Å². The van der Waals surface area contributed by atoms with E-state index in [0.717, 1.165) is 31.2 Å². The van der Waals surface area contributed by atoms with Gasteiger partial charge in [-0.15, -0.1) is 0 Å². The molecule has 1 aliphatic rings. The second-order valence-corrected chi connectivity index (χ2v) is 5.08. The van der Waals surface area contributed by atoms with Crippen LogP contribution in [0.3, 0.4) is 0 Å². The number of aromatic nitrogens is 1. The summed E-state index contributed by atoms with van der Waals surface area (Å²) in [6.07, 6.45) is 8.06. The lowest BCUT2D eigenvalue weighted by molar-refractivity contribution is 0.426. The maximum absolute atomic E-state index is 9.82. The number of nitrogens with zero attached hydrogens (tertiary/aromatic N) is 1. The molecule has 1 aromatic carbocycles. The van der Waals surface area contributed by atoms with Crippen LogP contribution in [0.1, 0.15) is 23.1 Å². The highest BCUT2D eigenvalue weighted by molar-refractivity contribution is 5.41. The summed E-state index contributed by atoms with van der Waals surface area (Å²) >= 11 is 0. The number of hydrogen-bond acceptors (Lipinski definition) is 2. The number of benzene rings is 1. The molecule has 0 spiro atoms. The molecule has 1 unspecified atom stereocenters. The Morgan fingerprint density at radius 1 is 1.17 bits per heavy atom. The van der Waals surface area contributed by atoms with E-state index in [1.54, 1.807) is 6.07 Å². The quantitative estimate of drug-likeness (QED) is 0.873. The Labute approximate surface area is 107 Å². The molecule has 1 aromatic heterocycles. The monoisotopic (exact) mass is 239 g/mol. The van der Waals surface area contributed by atoms with Crippen LogP contribution < -0.4 is 0 Å².